The van der Waals surface area contributed by atoms with Crippen molar-refractivity contribution in [3.05, 3.63) is 46.0 Å². The van der Waals surface area contributed by atoms with E-state index in [1.54, 1.807) is 18.4 Å². The molecule has 1 fully saturated rings. The third-order valence-corrected chi connectivity index (χ3v) is 5.39. The minimum absolute atomic E-state index is 0.0337. The molecule has 122 valence electrons. The Morgan fingerprint density at radius 1 is 1.35 bits per heavy atom. The summed E-state index contributed by atoms with van der Waals surface area (Å²) in [5.74, 6) is 0.0337. The van der Waals surface area contributed by atoms with E-state index in [1.807, 2.05) is 6.20 Å². The molecule has 23 heavy (non-hydrogen) atoms. The van der Waals surface area contributed by atoms with Gasteiger partial charge < -0.3 is 10.1 Å². The molecule has 4 nitrogen and oxygen atoms in total. The quantitative estimate of drug-likeness (QED) is 0.878. The number of nitrogens with zero attached hydrogens (tertiary/aromatic N) is 1. The number of rotatable bonds is 6. The number of benzene rings is 1. The summed E-state index contributed by atoms with van der Waals surface area (Å²) in [6.45, 7) is 4.73. The number of carbonyl (C=O) groups is 1. The normalized spacial score (nSPS) is 15.4. The highest BCUT2D eigenvalue weighted by Crippen LogP contribution is 2.46. The van der Waals surface area contributed by atoms with Crippen molar-refractivity contribution in [2.75, 3.05) is 19.0 Å². The van der Waals surface area contributed by atoms with Crippen LogP contribution in [0.1, 0.15) is 34.4 Å². The number of hydrogen-bond donors (Lipinski definition) is 1. The number of aryl methyl sites for hydroxylation is 2. The lowest BCUT2D eigenvalue weighted by atomic mass is 10.0. The van der Waals surface area contributed by atoms with Crippen LogP contribution in [-0.4, -0.2) is 24.6 Å². The molecule has 1 aromatic carbocycles. The first-order chi connectivity index (χ1) is 11.0. The van der Waals surface area contributed by atoms with Crippen LogP contribution in [0.3, 0.4) is 0 Å². The van der Waals surface area contributed by atoms with Crippen LogP contribution in [0.25, 0.3) is 0 Å². The molecule has 1 amide bonds. The SMILES string of the molecule is COCC1(C(=O)Nc2ncc(Cc3ccc(C)c(C)c3)s2)CC1. The first kappa shape index (κ1) is 16.1. The van der Waals surface area contributed by atoms with Gasteiger partial charge >= 0.3 is 0 Å². The van der Waals surface area contributed by atoms with Crippen LogP contribution in [0.5, 0.6) is 0 Å². The molecule has 1 N–H and O–H groups in total. The molecule has 1 aromatic heterocycles. The zero-order valence-electron chi connectivity index (χ0n) is 13.8. The Morgan fingerprint density at radius 2 is 2.13 bits per heavy atom. The van der Waals surface area contributed by atoms with Gasteiger partial charge in [0.2, 0.25) is 5.91 Å². The number of aromatic nitrogens is 1. The van der Waals surface area contributed by atoms with E-state index in [1.165, 1.54) is 16.7 Å². The predicted molar refractivity (Wildman–Crippen MR) is 93.0 cm³/mol. The Labute approximate surface area is 140 Å². The van der Waals surface area contributed by atoms with Gasteiger partial charge in [-0.25, -0.2) is 4.98 Å². The van der Waals surface area contributed by atoms with E-state index in [-0.39, 0.29) is 11.3 Å². The van der Waals surface area contributed by atoms with E-state index in [4.69, 9.17) is 4.74 Å². The van der Waals surface area contributed by atoms with E-state index in [2.05, 4.69) is 42.3 Å². The van der Waals surface area contributed by atoms with Crippen LogP contribution >= 0.6 is 11.3 Å². The van der Waals surface area contributed by atoms with E-state index >= 15 is 0 Å². The van der Waals surface area contributed by atoms with Gasteiger partial charge in [0.05, 0.1) is 12.0 Å². The Bertz CT molecular complexity index is 720. The largest absolute Gasteiger partial charge is 0.384 e. The molecule has 1 heterocycles. The van der Waals surface area contributed by atoms with E-state index in [0.29, 0.717) is 11.7 Å². The van der Waals surface area contributed by atoms with Gasteiger partial charge in [-0.2, -0.15) is 0 Å². The summed E-state index contributed by atoms with van der Waals surface area (Å²) >= 11 is 1.54. The van der Waals surface area contributed by atoms with Crippen molar-refractivity contribution in [3.8, 4) is 0 Å². The summed E-state index contributed by atoms with van der Waals surface area (Å²) in [5.41, 5.74) is 3.55. The highest BCUT2D eigenvalue weighted by Gasteiger charge is 2.50. The average Bonchev–Trinajstić information content (AvgIpc) is 3.18. The number of hydrogen-bond acceptors (Lipinski definition) is 4. The van der Waals surface area contributed by atoms with Crippen molar-refractivity contribution in [3.63, 3.8) is 0 Å². The summed E-state index contributed by atoms with van der Waals surface area (Å²) in [7, 11) is 1.64. The van der Waals surface area contributed by atoms with Gasteiger partial charge in [0, 0.05) is 24.6 Å². The minimum Gasteiger partial charge on any atom is -0.384 e. The topological polar surface area (TPSA) is 51.2 Å². The number of thiazole rings is 1. The molecule has 1 aliphatic carbocycles. The van der Waals surface area contributed by atoms with E-state index in [9.17, 15) is 4.79 Å². The first-order valence-corrected chi connectivity index (χ1v) is 8.65. The fourth-order valence-corrected chi connectivity index (χ4v) is 3.50. The molecule has 2 aromatic rings. The van der Waals surface area contributed by atoms with Crippen molar-refractivity contribution in [2.45, 2.75) is 33.1 Å². The molecule has 0 bridgehead atoms. The van der Waals surface area contributed by atoms with Gasteiger partial charge in [0.15, 0.2) is 5.13 Å². The second kappa shape index (κ2) is 6.42. The molecule has 0 aliphatic heterocycles. The van der Waals surface area contributed by atoms with Crippen LogP contribution in [-0.2, 0) is 16.0 Å². The minimum atomic E-state index is -0.325. The van der Waals surface area contributed by atoms with Gasteiger partial charge in [-0.15, -0.1) is 11.3 Å². The molecular weight excluding hydrogens is 308 g/mol. The standard InChI is InChI=1S/C18H22N2O2S/c1-12-4-5-14(8-13(12)2)9-15-10-19-17(23-15)20-16(21)18(6-7-18)11-22-3/h4-5,8,10H,6-7,9,11H2,1-3H3,(H,19,20,21). The van der Waals surface area contributed by atoms with Crippen LogP contribution in [0.2, 0.25) is 0 Å². The lowest BCUT2D eigenvalue weighted by Crippen LogP contribution is -2.27. The number of nitrogens with one attached hydrogen (secondary N) is 1. The Balaban J connectivity index is 1.64. The van der Waals surface area contributed by atoms with Gasteiger partial charge in [0.1, 0.15) is 0 Å². The molecule has 1 aliphatic rings. The van der Waals surface area contributed by atoms with E-state index < -0.39 is 0 Å². The van der Waals surface area contributed by atoms with Crippen molar-refractivity contribution >= 4 is 22.4 Å². The number of carbonyl (C=O) groups excluding carboxylic acids is 1. The van der Waals surface area contributed by atoms with Crippen molar-refractivity contribution in [1.82, 2.24) is 4.98 Å². The molecule has 0 atom stereocenters. The molecule has 5 heteroatoms. The maximum atomic E-state index is 12.3. The second-order valence-corrected chi connectivity index (χ2v) is 7.51. The maximum Gasteiger partial charge on any atom is 0.234 e. The van der Waals surface area contributed by atoms with Crippen molar-refractivity contribution in [1.29, 1.82) is 0 Å². The monoisotopic (exact) mass is 330 g/mol. The molecule has 0 radical (unpaired) electrons. The van der Waals surface area contributed by atoms with Crippen LogP contribution in [0.4, 0.5) is 5.13 Å². The van der Waals surface area contributed by atoms with Gasteiger partial charge in [0.25, 0.3) is 0 Å². The number of ether oxygens (including phenoxy) is 1. The van der Waals surface area contributed by atoms with Crippen molar-refractivity contribution in [2.24, 2.45) is 5.41 Å². The van der Waals surface area contributed by atoms with Crippen LogP contribution in [0.15, 0.2) is 24.4 Å². The number of amides is 1. The van der Waals surface area contributed by atoms with Crippen LogP contribution in [0, 0.1) is 19.3 Å². The molecule has 1 saturated carbocycles. The van der Waals surface area contributed by atoms with Gasteiger partial charge in [-0.3, -0.25) is 4.79 Å². The molecule has 3 rings (SSSR count). The Kier molecular flexibility index (Phi) is 4.50. The molecule has 0 spiro atoms. The first-order valence-electron chi connectivity index (χ1n) is 7.84. The zero-order chi connectivity index (χ0) is 16.4. The molecule has 0 saturated heterocycles. The zero-order valence-corrected chi connectivity index (χ0v) is 14.6. The number of methoxy groups -OCH3 is 1. The van der Waals surface area contributed by atoms with Gasteiger partial charge in [-0.1, -0.05) is 18.2 Å². The Hall–Kier alpha value is -1.72. The Morgan fingerprint density at radius 3 is 2.78 bits per heavy atom. The third-order valence-electron chi connectivity index (χ3n) is 4.48. The fourth-order valence-electron chi connectivity index (χ4n) is 2.66. The molecular formula is C18H22N2O2S. The number of anilines is 1. The summed E-state index contributed by atoms with van der Waals surface area (Å²) in [6.07, 6.45) is 4.49. The summed E-state index contributed by atoms with van der Waals surface area (Å²) in [6, 6.07) is 6.51. The summed E-state index contributed by atoms with van der Waals surface area (Å²) in [4.78, 5) is 17.8. The second-order valence-electron chi connectivity index (χ2n) is 6.39. The maximum absolute atomic E-state index is 12.3. The average molecular weight is 330 g/mol. The van der Waals surface area contributed by atoms with Gasteiger partial charge in [-0.05, 0) is 43.4 Å². The summed E-state index contributed by atoms with van der Waals surface area (Å²) in [5, 5.41) is 3.62. The highest BCUT2D eigenvalue weighted by molar-refractivity contribution is 7.15. The van der Waals surface area contributed by atoms with Crippen molar-refractivity contribution < 1.29 is 9.53 Å². The predicted octanol–water partition coefficient (Wildman–Crippen LogP) is 3.72. The molecule has 0 unspecified atom stereocenters. The third kappa shape index (κ3) is 3.62. The lowest BCUT2D eigenvalue weighted by Gasteiger charge is -2.12. The smallest absolute Gasteiger partial charge is 0.234 e. The van der Waals surface area contributed by atoms with E-state index in [0.717, 1.165) is 24.1 Å². The van der Waals surface area contributed by atoms with Crippen LogP contribution < -0.4 is 5.32 Å². The lowest BCUT2D eigenvalue weighted by molar-refractivity contribution is -0.122. The fraction of sp³-hybridized carbons (Fsp3) is 0.444. The summed E-state index contributed by atoms with van der Waals surface area (Å²) < 4.78 is 5.16. The highest BCUT2D eigenvalue weighted by atomic mass is 32.1.